The maximum Gasteiger partial charge on any atom is 0.336 e. The third-order valence-corrected chi connectivity index (χ3v) is 3.10. The second-order valence-corrected chi connectivity index (χ2v) is 4.90. The Labute approximate surface area is 113 Å². The van der Waals surface area contributed by atoms with Crippen LogP contribution in [0.5, 0.6) is 0 Å². The molecule has 0 radical (unpaired) electrons. The van der Waals surface area contributed by atoms with Gasteiger partial charge in [0.1, 0.15) is 0 Å². The van der Waals surface area contributed by atoms with Gasteiger partial charge < -0.3 is 5.11 Å². The lowest BCUT2D eigenvalue weighted by atomic mass is 10.0. The van der Waals surface area contributed by atoms with Crippen LogP contribution in [0.4, 0.5) is 0 Å². The number of carboxylic acid groups (broad SMARTS) is 1. The molecule has 4 nitrogen and oxygen atoms in total. The number of carbonyl (C=O) groups is 1. The van der Waals surface area contributed by atoms with Crippen molar-refractivity contribution in [2.24, 2.45) is 0 Å². The monoisotopic (exact) mass is 308 g/mol. The number of rotatable bonds is 4. The van der Waals surface area contributed by atoms with E-state index in [1.54, 1.807) is 18.3 Å². The Balaban J connectivity index is 2.45. The van der Waals surface area contributed by atoms with E-state index in [9.17, 15) is 9.90 Å². The molecule has 0 aliphatic rings. The van der Waals surface area contributed by atoms with Crippen molar-refractivity contribution in [1.82, 2.24) is 9.78 Å². The maximum absolute atomic E-state index is 11.2. The summed E-state index contributed by atoms with van der Waals surface area (Å²) in [4.78, 5) is 11.2. The molecule has 0 saturated carbocycles. The van der Waals surface area contributed by atoms with E-state index in [2.05, 4.69) is 28.0 Å². The lowest BCUT2D eigenvalue weighted by Gasteiger charge is -2.04. The third-order valence-electron chi connectivity index (χ3n) is 2.61. The fraction of sp³-hybridized carbons (Fsp3) is 0.231. The van der Waals surface area contributed by atoms with Crippen LogP contribution in [-0.2, 0) is 6.54 Å². The van der Waals surface area contributed by atoms with Crippen molar-refractivity contribution < 1.29 is 9.90 Å². The van der Waals surface area contributed by atoms with E-state index in [1.807, 2.05) is 16.9 Å². The van der Waals surface area contributed by atoms with E-state index < -0.39 is 5.97 Å². The van der Waals surface area contributed by atoms with Crippen molar-refractivity contribution in [1.29, 1.82) is 0 Å². The number of aromatic nitrogens is 2. The number of nitrogens with zero attached hydrogens (tertiary/aromatic N) is 2. The van der Waals surface area contributed by atoms with Crippen LogP contribution in [0.15, 0.2) is 35.1 Å². The van der Waals surface area contributed by atoms with Gasteiger partial charge in [-0.1, -0.05) is 28.9 Å². The van der Waals surface area contributed by atoms with Gasteiger partial charge in [-0.3, -0.25) is 4.68 Å². The Morgan fingerprint density at radius 3 is 2.94 bits per heavy atom. The van der Waals surface area contributed by atoms with Crippen LogP contribution in [0, 0.1) is 0 Å². The smallest absolute Gasteiger partial charge is 0.336 e. The number of aryl methyl sites for hydroxylation is 1. The van der Waals surface area contributed by atoms with Gasteiger partial charge in [0.2, 0.25) is 0 Å². The number of benzene rings is 1. The van der Waals surface area contributed by atoms with Crippen LogP contribution in [-0.4, -0.2) is 20.9 Å². The summed E-state index contributed by atoms with van der Waals surface area (Å²) >= 11 is 3.28. The Bertz CT molecular complexity index is 578. The first-order valence-corrected chi connectivity index (χ1v) is 6.46. The standard InChI is InChI=1S/C13H13BrN2O2/c1-2-5-16-8-9(7-15-16)11-4-3-10(14)6-12(11)13(17)18/h3-4,6-8H,2,5H2,1H3,(H,17,18). The molecule has 0 amide bonds. The van der Waals surface area contributed by atoms with Crippen LogP contribution < -0.4 is 0 Å². The van der Waals surface area contributed by atoms with E-state index in [1.165, 1.54) is 0 Å². The van der Waals surface area contributed by atoms with Gasteiger partial charge in [-0.05, 0) is 24.1 Å². The summed E-state index contributed by atoms with van der Waals surface area (Å²) in [5.41, 5.74) is 1.79. The minimum Gasteiger partial charge on any atom is -0.478 e. The van der Waals surface area contributed by atoms with E-state index in [4.69, 9.17) is 0 Å². The molecule has 0 aliphatic carbocycles. The molecule has 2 aromatic rings. The van der Waals surface area contributed by atoms with Gasteiger partial charge in [-0.25, -0.2) is 4.79 Å². The van der Waals surface area contributed by atoms with Crippen molar-refractivity contribution in [2.45, 2.75) is 19.9 Å². The summed E-state index contributed by atoms with van der Waals surface area (Å²) in [5, 5.41) is 13.4. The fourth-order valence-electron chi connectivity index (χ4n) is 1.80. The summed E-state index contributed by atoms with van der Waals surface area (Å²) in [7, 11) is 0. The summed E-state index contributed by atoms with van der Waals surface area (Å²) in [5.74, 6) is -0.936. The Morgan fingerprint density at radius 1 is 1.50 bits per heavy atom. The minimum absolute atomic E-state index is 0.278. The molecule has 1 aromatic heterocycles. The molecule has 1 aromatic carbocycles. The summed E-state index contributed by atoms with van der Waals surface area (Å²) in [6.07, 6.45) is 4.57. The first-order valence-electron chi connectivity index (χ1n) is 5.67. The van der Waals surface area contributed by atoms with Crippen molar-refractivity contribution in [3.63, 3.8) is 0 Å². The van der Waals surface area contributed by atoms with Gasteiger partial charge in [-0.15, -0.1) is 0 Å². The SMILES string of the molecule is CCCn1cc(-c2ccc(Br)cc2C(=O)O)cn1. The predicted octanol–water partition coefficient (Wildman–Crippen LogP) is 3.42. The average molecular weight is 309 g/mol. The average Bonchev–Trinajstić information content (AvgIpc) is 2.78. The van der Waals surface area contributed by atoms with Crippen LogP contribution in [0.2, 0.25) is 0 Å². The number of hydrogen-bond acceptors (Lipinski definition) is 2. The Morgan fingerprint density at radius 2 is 2.28 bits per heavy atom. The molecular weight excluding hydrogens is 296 g/mol. The van der Waals surface area contributed by atoms with E-state index >= 15 is 0 Å². The number of hydrogen-bond donors (Lipinski definition) is 1. The molecule has 1 heterocycles. The molecule has 0 fully saturated rings. The lowest BCUT2D eigenvalue weighted by molar-refractivity contribution is 0.0697. The molecule has 0 unspecified atom stereocenters. The highest BCUT2D eigenvalue weighted by Crippen LogP contribution is 2.26. The second kappa shape index (κ2) is 5.35. The largest absolute Gasteiger partial charge is 0.478 e. The van der Waals surface area contributed by atoms with E-state index in [-0.39, 0.29) is 5.56 Å². The zero-order chi connectivity index (χ0) is 13.1. The third kappa shape index (κ3) is 2.61. The van der Waals surface area contributed by atoms with Gasteiger partial charge in [0.15, 0.2) is 0 Å². The molecule has 0 atom stereocenters. The van der Waals surface area contributed by atoms with Gasteiger partial charge in [0.05, 0.1) is 11.8 Å². The quantitative estimate of drug-likeness (QED) is 0.941. The van der Waals surface area contributed by atoms with Crippen molar-refractivity contribution in [3.05, 3.63) is 40.6 Å². The van der Waals surface area contributed by atoms with E-state index in [0.29, 0.717) is 5.56 Å². The summed E-state index contributed by atoms with van der Waals surface area (Å²) in [6, 6.07) is 5.23. The molecule has 0 saturated heterocycles. The van der Waals surface area contributed by atoms with Crippen LogP contribution >= 0.6 is 15.9 Å². The Kier molecular flexibility index (Phi) is 3.81. The summed E-state index contributed by atoms with van der Waals surface area (Å²) < 4.78 is 2.58. The maximum atomic E-state index is 11.2. The van der Waals surface area contributed by atoms with E-state index in [0.717, 1.165) is 23.0 Å². The number of carboxylic acids is 1. The molecular formula is C13H13BrN2O2. The molecule has 5 heteroatoms. The fourth-order valence-corrected chi connectivity index (χ4v) is 2.16. The highest BCUT2D eigenvalue weighted by atomic mass is 79.9. The molecule has 94 valence electrons. The van der Waals surface area contributed by atoms with Gasteiger partial charge >= 0.3 is 5.97 Å². The van der Waals surface area contributed by atoms with Crippen LogP contribution in [0.3, 0.4) is 0 Å². The van der Waals surface area contributed by atoms with Gasteiger partial charge in [0, 0.05) is 22.8 Å². The topological polar surface area (TPSA) is 55.1 Å². The first-order chi connectivity index (χ1) is 8.61. The van der Waals surface area contributed by atoms with Crippen molar-refractivity contribution in [3.8, 4) is 11.1 Å². The minimum atomic E-state index is -0.936. The molecule has 0 aliphatic heterocycles. The van der Waals surface area contributed by atoms with Crippen LogP contribution in [0.1, 0.15) is 23.7 Å². The lowest BCUT2D eigenvalue weighted by Crippen LogP contribution is -1.99. The molecule has 0 spiro atoms. The highest BCUT2D eigenvalue weighted by Gasteiger charge is 2.13. The van der Waals surface area contributed by atoms with Gasteiger partial charge in [0.25, 0.3) is 0 Å². The van der Waals surface area contributed by atoms with Crippen molar-refractivity contribution in [2.75, 3.05) is 0 Å². The normalized spacial score (nSPS) is 10.6. The second-order valence-electron chi connectivity index (χ2n) is 3.99. The molecule has 0 bridgehead atoms. The zero-order valence-corrected chi connectivity index (χ0v) is 11.5. The Hall–Kier alpha value is -1.62. The number of halogens is 1. The zero-order valence-electron chi connectivity index (χ0n) is 9.93. The van der Waals surface area contributed by atoms with Crippen LogP contribution in [0.25, 0.3) is 11.1 Å². The molecule has 2 rings (SSSR count). The van der Waals surface area contributed by atoms with Gasteiger partial charge in [-0.2, -0.15) is 5.10 Å². The molecule has 18 heavy (non-hydrogen) atoms. The van der Waals surface area contributed by atoms with Crippen molar-refractivity contribution >= 4 is 21.9 Å². The summed E-state index contributed by atoms with van der Waals surface area (Å²) in [6.45, 7) is 2.91. The highest BCUT2D eigenvalue weighted by molar-refractivity contribution is 9.10. The number of aromatic carboxylic acids is 1. The first kappa shape index (κ1) is 12.8. The predicted molar refractivity (Wildman–Crippen MR) is 72.6 cm³/mol. The molecule has 1 N–H and O–H groups in total.